The lowest BCUT2D eigenvalue weighted by Crippen LogP contribution is -2.01. The van der Waals surface area contributed by atoms with E-state index < -0.39 is 22.7 Å². The number of ether oxygens (including phenoxy) is 2. The van der Waals surface area contributed by atoms with Gasteiger partial charge in [0.05, 0.1) is 10.8 Å². The van der Waals surface area contributed by atoms with Crippen molar-refractivity contribution in [2.75, 3.05) is 0 Å². The Bertz CT molecular complexity index is 836. The average molecular weight is 316 g/mol. The van der Waals surface area contributed by atoms with Crippen LogP contribution < -0.4 is 9.47 Å². The highest BCUT2D eigenvalue weighted by Crippen LogP contribution is 2.42. The molecule has 0 aliphatic rings. The third-order valence-corrected chi connectivity index (χ3v) is 4.63. The summed E-state index contributed by atoms with van der Waals surface area (Å²) in [5, 5.41) is 1.42. The fourth-order valence-electron chi connectivity index (χ4n) is 2.34. The number of hydrogen-bond acceptors (Lipinski definition) is 5. The molecular formula is C16H12O5S. The predicted molar refractivity (Wildman–Crippen MR) is 82.7 cm³/mol. The standard InChI is InChI=1S/C16H12O5S/c1-9(17)20-11-3-5-15-13(7-11)14-8-12(21-10(2)18)4-6-16(14)22(15)19/h3-8H,1-2H3. The molecule has 0 unspecified atom stereocenters. The lowest BCUT2D eigenvalue weighted by Gasteiger charge is -2.00. The Morgan fingerprint density at radius 3 is 1.64 bits per heavy atom. The van der Waals surface area contributed by atoms with Crippen molar-refractivity contribution >= 4 is 42.9 Å². The summed E-state index contributed by atoms with van der Waals surface area (Å²) < 4.78 is 23.9. The van der Waals surface area contributed by atoms with Gasteiger partial charge in [0.25, 0.3) is 0 Å². The van der Waals surface area contributed by atoms with Crippen LogP contribution in [0.4, 0.5) is 0 Å². The van der Waals surface area contributed by atoms with Gasteiger partial charge in [-0.15, -0.1) is 0 Å². The SMILES string of the molecule is CC(=O)Oc1ccc2c(c1)c1cc(OC(C)=O)ccc1[s+]2[O-]. The van der Waals surface area contributed by atoms with Crippen LogP contribution in [0.2, 0.25) is 0 Å². The van der Waals surface area contributed by atoms with Gasteiger partial charge in [0.1, 0.15) is 11.5 Å². The summed E-state index contributed by atoms with van der Waals surface area (Å²) in [4.78, 5) is 22.1. The number of fused-ring (bicyclic) bond motifs is 3. The van der Waals surface area contributed by atoms with E-state index in [9.17, 15) is 14.1 Å². The maximum Gasteiger partial charge on any atom is 0.308 e. The second-order valence-electron chi connectivity index (χ2n) is 4.77. The molecule has 0 atom stereocenters. The van der Waals surface area contributed by atoms with Crippen molar-refractivity contribution in [1.29, 1.82) is 0 Å². The van der Waals surface area contributed by atoms with E-state index in [0.29, 0.717) is 31.7 Å². The molecule has 3 aromatic rings. The Morgan fingerprint density at radius 2 is 1.27 bits per heavy atom. The first-order chi connectivity index (χ1) is 10.5. The molecule has 0 saturated carbocycles. The molecule has 3 rings (SSSR count). The minimum Gasteiger partial charge on any atom is -0.590 e. The first-order valence-electron chi connectivity index (χ1n) is 6.53. The average Bonchev–Trinajstić information content (AvgIpc) is 2.70. The minimum absolute atomic E-state index is 0.383. The molecule has 0 aliphatic heterocycles. The quantitative estimate of drug-likeness (QED) is 0.410. The van der Waals surface area contributed by atoms with Gasteiger partial charge in [0, 0.05) is 26.0 Å². The van der Waals surface area contributed by atoms with E-state index in [-0.39, 0.29) is 0 Å². The molecule has 1 aromatic heterocycles. The number of carbonyl (C=O) groups excluding carboxylic acids is 2. The van der Waals surface area contributed by atoms with E-state index in [1.54, 1.807) is 36.4 Å². The van der Waals surface area contributed by atoms with E-state index in [1.807, 2.05) is 0 Å². The van der Waals surface area contributed by atoms with Crippen LogP contribution in [0.15, 0.2) is 36.4 Å². The molecule has 0 amide bonds. The molecular weight excluding hydrogens is 304 g/mol. The van der Waals surface area contributed by atoms with Crippen molar-refractivity contribution in [1.82, 2.24) is 0 Å². The van der Waals surface area contributed by atoms with Crippen LogP contribution in [0.1, 0.15) is 13.8 Å². The molecule has 1 heterocycles. The van der Waals surface area contributed by atoms with Gasteiger partial charge in [-0.2, -0.15) is 0 Å². The van der Waals surface area contributed by atoms with E-state index in [0.717, 1.165) is 0 Å². The largest absolute Gasteiger partial charge is 0.590 e. The number of thiophene rings is 1. The summed E-state index contributed by atoms with van der Waals surface area (Å²) in [6.07, 6.45) is 0. The Kier molecular flexibility index (Phi) is 3.56. The van der Waals surface area contributed by atoms with Crippen molar-refractivity contribution in [3.05, 3.63) is 36.4 Å². The molecule has 6 heteroatoms. The van der Waals surface area contributed by atoms with Crippen LogP contribution in [0, 0.1) is 0 Å². The first-order valence-corrected chi connectivity index (χ1v) is 7.68. The zero-order valence-corrected chi connectivity index (χ0v) is 12.7. The Labute approximate surface area is 128 Å². The van der Waals surface area contributed by atoms with E-state index in [4.69, 9.17) is 9.47 Å². The molecule has 112 valence electrons. The topological polar surface area (TPSA) is 75.7 Å². The summed E-state index contributed by atoms with van der Waals surface area (Å²) in [5.74, 6) is -0.0797. The van der Waals surface area contributed by atoms with Crippen LogP contribution in [-0.4, -0.2) is 16.5 Å². The van der Waals surface area contributed by atoms with E-state index in [2.05, 4.69) is 0 Å². The minimum atomic E-state index is -1.30. The first kappa shape index (κ1) is 14.5. The molecule has 0 fully saturated rings. The fourth-order valence-corrected chi connectivity index (χ4v) is 3.70. The van der Waals surface area contributed by atoms with Gasteiger partial charge >= 0.3 is 11.9 Å². The smallest absolute Gasteiger partial charge is 0.308 e. The zero-order chi connectivity index (χ0) is 15.9. The lowest BCUT2D eigenvalue weighted by molar-refractivity contribution is -0.132. The van der Waals surface area contributed by atoms with Gasteiger partial charge in [-0.25, -0.2) is 0 Å². The van der Waals surface area contributed by atoms with Gasteiger partial charge in [-0.05, 0) is 35.0 Å². The second-order valence-corrected chi connectivity index (χ2v) is 6.19. The summed E-state index contributed by atoms with van der Waals surface area (Å²) in [6, 6.07) is 9.90. The Hall–Kier alpha value is -2.44. The van der Waals surface area contributed by atoms with Crippen LogP contribution in [-0.2, 0) is 9.59 Å². The van der Waals surface area contributed by atoms with Crippen molar-refractivity contribution < 1.29 is 23.6 Å². The van der Waals surface area contributed by atoms with Gasteiger partial charge in [-0.3, -0.25) is 9.59 Å². The normalized spacial score (nSPS) is 10.9. The number of benzene rings is 2. The van der Waals surface area contributed by atoms with Crippen molar-refractivity contribution in [2.45, 2.75) is 13.8 Å². The van der Waals surface area contributed by atoms with Crippen LogP contribution in [0.5, 0.6) is 11.5 Å². The van der Waals surface area contributed by atoms with E-state index >= 15 is 0 Å². The van der Waals surface area contributed by atoms with Gasteiger partial charge in [-0.1, -0.05) is 0 Å². The summed E-state index contributed by atoms with van der Waals surface area (Å²) in [7, 11) is -1.30. The van der Waals surface area contributed by atoms with E-state index in [1.165, 1.54) is 13.8 Å². The monoisotopic (exact) mass is 316 g/mol. The maximum atomic E-state index is 12.5. The molecule has 0 radical (unpaired) electrons. The predicted octanol–water partition coefficient (Wildman–Crippen LogP) is 3.57. The molecule has 0 aliphatic carbocycles. The maximum absolute atomic E-state index is 12.5. The number of rotatable bonds is 2. The van der Waals surface area contributed by atoms with Crippen molar-refractivity contribution in [3.8, 4) is 11.5 Å². The van der Waals surface area contributed by atoms with Gasteiger partial charge < -0.3 is 14.0 Å². The summed E-state index contributed by atoms with van der Waals surface area (Å²) in [5.41, 5.74) is 0. The highest BCUT2D eigenvalue weighted by Gasteiger charge is 2.17. The zero-order valence-electron chi connectivity index (χ0n) is 11.9. The molecule has 22 heavy (non-hydrogen) atoms. The molecule has 5 nitrogen and oxygen atoms in total. The molecule has 0 bridgehead atoms. The highest BCUT2D eigenvalue weighted by atomic mass is 32.2. The van der Waals surface area contributed by atoms with Crippen LogP contribution in [0.25, 0.3) is 20.2 Å². The third-order valence-electron chi connectivity index (χ3n) is 3.11. The Balaban J connectivity index is 2.23. The third kappa shape index (κ3) is 2.54. The van der Waals surface area contributed by atoms with Crippen molar-refractivity contribution in [2.24, 2.45) is 0 Å². The van der Waals surface area contributed by atoms with Crippen molar-refractivity contribution in [3.63, 3.8) is 0 Å². The molecule has 2 aromatic carbocycles. The number of esters is 2. The molecule has 0 spiro atoms. The second kappa shape index (κ2) is 5.40. The number of hydrogen-bond donors (Lipinski definition) is 0. The fraction of sp³-hybridized carbons (Fsp3) is 0.125. The van der Waals surface area contributed by atoms with Crippen LogP contribution >= 0.6 is 10.8 Å². The highest BCUT2D eigenvalue weighted by molar-refractivity contribution is 7.37. The lowest BCUT2D eigenvalue weighted by atomic mass is 10.1. The molecule has 0 N–H and O–H groups in total. The number of carbonyl (C=O) groups is 2. The summed E-state index contributed by atoms with van der Waals surface area (Å²) >= 11 is 0. The van der Waals surface area contributed by atoms with Gasteiger partial charge in [0.2, 0.25) is 0 Å². The van der Waals surface area contributed by atoms with Gasteiger partial charge in [0.15, 0.2) is 9.40 Å². The molecule has 0 saturated heterocycles. The summed E-state index contributed by atoms with van der Waals surface area (Å²) in [6.45, 7) is 2.64. The van der Waals surface area contributed by atoms with Crippen LogP contribution in [0.3, 0.4) is 0 Å². The Morgan fingerprint density at radius 1 is 0.864 bits per heavy atom.